The Hall–Kier alpha value is -5.66. The lowest BCUT2D eigenvalue weighted by molar-refractivity contribution is 0.487. The summed E-state index contributed by atoms with van der Waals surface area (Å²) in [6.45, 7) is 0. The van der Waals surface area contributed by atoms with Crippen molar-refractivity contribution >= 4 is 32.3 Å². The molecular formula is C42H26O. The van der Waals surface area contributed by atoms with Gasteiger partial charge in [-0.3, -0.25) is 0 Å². The van der Waals surface area contributed by atoms with Crippen molar-refractivity contribution in [1.82, 2.24) is 0 Å². The van der Waals surface area contributed by atoms with Gasteiger partial charge in [-0.1, -0.05) is 140 Å². The number of ether oxygens (including phenoxy) is 1. The average molecular weight is 547 g/mol. The lowest BCUT2D eigenvalue weighted by atomic mass is 9.83. The molecule has 1 aliphatic rings. The van der Waals surface area contributed by atoms with Gasteiger partial charge in [-0.15, -0.1) is 0 Å². The van der Waals surface area contributed by atoms with Gasteiger partial charge in [-0.25, -0.2) is 0 Å². The van der Waals surface area contributed by atoms with E-state index in [4.69, 9.17) is 4.74 Å². The Labute approximate surface area is 250 Å². The van der Waals surface area contributed by atoms with Crippen LogP contribution in [0.5, 0.6) is 11.5 Å². The van der Waals surface area contributed by atoms with Crippen LogP contribution in [0.3, 0.4) is 0 Å². The number of rotatable bonds is 3. The monoisotopic (exact) mass is 546 g/mol. The van der Waals surface area contributed by atoms with Crippen molar-refractivity contribution in [2.75, 3.05) is 0 Å². The zero-order valence-electron chi connectivity index (χ0n) is 23.4. The van der Waals surface area contributed by atoms with Crippen LogP contribution in [0.25, 0.3) is 76.8 Å². The van der Waals surface area contributed by atoms with Gasteiger partial charge in [0.05, 0.1) is 0 Å². The maximum atomic E-state index is 6.45. The average Bonchev–Trinajstić information content (AvgIpc) is 3.08. The first kappa shape index (κ1) is 24.0. The van der Waals surface area contributed by atoms with Crippen LogP contribution in [0.2, 0.25) is 0 Å². The Balaban J connectivity index is 1.35. The molecule has 1 heterocycles. The Morgan fingerprint density at radius 2 is 0.907 bits per heavy atom. The molecule has 0 fully saturated rings. The van der Waals surface area contributed by atoms with E-state index in [1.807, 2.05) is 0 Å². The summed E-state index contributed by atoms with van der Waals surface area (Å²) in [7, 11) is 0. The molecule has 0 amide bonds. The van der Waals surface area contributed by atoms with Crippen molar-refractivity contribution in [2.24, 2.45) is 0 Å². The van der Waals surface area contributed by atoms with E-state index in [9.17, 15) is 0 Å². The fourth-order valence-corrected chi connectivity index (χ4v) is 7.02. The van der Waals surface area contributed by atoms with Crippen LogP contribution in [0, 0.1) is 0 Å². The van der Waals surface area contributed by atoms with E-state index in [1.165, 1.54) is 71.3 Å². The zero-order chi connectivity index (χ0) is 28.3. The number of fused-ring (bicyclic) bond motifs is 4. The molecule has 0 saturated carbocycles. The van der Waals surface area contributed by atoms with Crippen LogP contribution in [0.15, 0.2) is 158 Å². The minimum absolute atomic E-state index is 0.900. The Morgan fingerprint density at radius 1 is 0.326 bits per heavy atom. The molecule has 0 radical (unpaired) electrons. The molecule has 9 rings (SSSR count). The zero-order valence-corrected chi connectivity index (χ0v) is 23.4. The molecule has 0 aromatic heterocycles. The van der Waals surface area contributed by atoms with Crippen LogP contribution in [0.1, 0.15) is 0 Å². The Bertz CT molecular complexity index is 2300. The summed E-state index contributed by atoms with van der Waals surface area (Å²) < 4.78 is 6.45. The molecule has 1 heteroatoms. The largest absolute Gasteiger partial charge is 0.456 e. The van der Waals surface area contributed by atoms with Gasteiger partial charge in [0.1, 0.15) is 11.5 Å². The van der Waals surface area contributed by atoms with Crippen LogP contribution >= 0.6 is 0 Å². The normalized spacial score (nSPS) is 11.9. The van der Waals surface area contributed by atoms with Gasteiger partial charge in [0, 0.05) is 10.9 Å². The summed E-state index contributed by atoms with van der Waals surface area (Å²) in [6.07, 6.45) is 0. The molecule has 8 aromatic rings. The second-order valence-electron chi connectivity index (χ2n) is 11.2. The summed E-state index contributed by atoms with van der Waals surface area (Å²) in [5, 5.41) is 7.37. The predicted octanol–water partition coefficient (Wildman–Crippen LogP) is 11.9. The molecule has 1 nitrogen and oxygen atoms in total. The molecular weight excluding hydrogens is 520 g/mol. The fourth-order valence-electron chi connectivity index (χ4n) is 7.02. The second-order valence-corrected chi connectivity index (χ2v) is 11.2. The molecule has 0 aliphatic carbocycles. The van der Waals surface area contributed by atoms with Crippen LogP contribution in [-0.2, 0) is 0 Å². The van der Waals surface area contributed by atoms with Crippen molar-refractivity contribution in [2.45, 2.75) is 0 Å². The molecule has 1 aliphatic heterocycles. The van der Waals surface area contributed by atoms with Gasteiger partial charge < -0.3 is 4.74 Å². The van der Waals surface area contributed by atoms with Crippen LogP contribution in [0.4, 0.5) is 0 Å². The molecule has 0 atom stereocenters. The molecule has 43 heavy (non-hydrogen) atoms. The third-order valence-electron chi connectivity index (χ3n) is 8.86. The van der Waals surface area contributed by atoms with Gasteiger partial charge in [0.2, 0.25) is 0 Å². The van der Waals surface area contributed by atoms with Gasteiger partial charge in [0.15, 0.2) is 0 Å². The van der Waals surface area contributed by atoms with Gasteiger partial charge in [-0.05, 0) is 84.1 Å². The molecule has 0 N–H and O–H groups in total. The number of benzene rings is 8. The summed E-state index contributed by atoms with van der Waals surface area (Å²) >= 11 is 0. The predicted molar refractivity (Wildman–Crippen MR) is 181 cm³/mol. The highest BCUT2D eigenvalue weighted by atomic mass is 16.5. The van der Waals surface area contributed by atoms with Crippen molar-refractivity contribution in [1.29, 1.82) is 0 Å². The maximum Gasteiger partial charge on any atom is 0.135 e. The highest BCUT2D eigenvalue weighted by molar-refractivity contribution is 6.22. The second kappa shape index (κ2) is 9.44. The Kier molecular flexibility index (Phi) is 5.27. The van der Waals surface area contributed by atoms with Crippen molar-refractivity contribution in [3.63, 3.8) is 0 Å². The first-order chi connectivity index (χ1) is 21.3. The van der Waals surface area contributed by atoms with Crippen molar-refractivity contribution in [3.05, 3.63) is 158 Å². The summed E-state index contributed by atoms with van der Waals surface area (Å²) in [4.78, 5) is 0. The van der Waals surface area contributed by atoms with E-state index < -0.39 is 0 Å². The minimum Gasteiger partial charge on any atom is -0.456 e. The molecule has 0 bridgehead atoms. The highest BCUT2D eigenvalue weighted by Crippen LogP contribution is 2.50. The number of hydrogen-bond acceptors (Lipinski definition) is 1. The van der Waals surface area contributed by atoms with Gasteiger partial charge in [-0.2, -0.15) is 0 Å². The maximum absolute atomic E-state index is 6.45. The smallest absolute Gasteiger partial charge is 0.135 e. The fraction of sp³-hybridized carbons (Fsp3) is 0. The first-order valence-corrected chi connectivity index (χ1v) is 14.8. The van der Waals surface area contributed by atoms with E-state index in [0.717, 1.165) is 17.1 Å². The van der Waals surface area contributed by atoms with Crippen LogP contribution in [-0.4, -0.2) is 0 Å². The molecule has 200 valence electrons. The standard InChI is InChI=1S/C42H26O/c1-2-12-27(13-3-1)30-16-4-5-17-31(30)42-34-20-8-6-18-32(34)40(33-19-7-9-21-35(33)42)29-24-25-38-37(26-29)36-22-10-14-28-15-11-23-39(43-38)41(28)36/h1-26H. The van der Waals surface area contributed by atoms with Crippen molar-refractivity contribution < 1.29 is 4.74 Å². The van der Waals surface area contributed by atoms with E-state index in [0.29, 0.717) is 0 Å². The molecule has 0 spiro atoms. The summed E-state index contributed by atoms with van der Waals surface area (Å²) in [6, 6.07) is 56.8. The minimum atomic E-state index is 0.900. The van der Waals surface area contributed by atoms with Crippen LogP contribution < -0.4 is 4.74 Å². The first-order valence-electron chi connectivity index (χ1n) is 14.8. The lowest BCUT2D eigenvalue weighted by Gasteiger charge is -2.23. The van der Waals surface area contributed by atoms with E-state index in [-0.39, 0.29) is 0 Å². The highest BCUT2D eigenvalue weighted by Gasteiger charge is 2.23. The summed E-state index contributed by atoms with van der Waals surface area (Å²) in [5.41, 5.74) is 9.77. The summed E-state index contributed by atoms with van der Waals surface area (Å²) in [5.74, 6) is 1.82. The molecule has 8 aromatic carbocycles. The molecule has 0 unspecified atom stereocenters. The Morgan fingerprint density at radius 3 is 1.63 bits per heavy atom. The van der Waals surface area contributed by atoms with Crippen molar-refractivity contribution in [3.8, 4) is 56.0 Å². The SMILES string of the molecule is c1ccc(-c2ccccc2-c2c3ccccc3c(-c3ccc4c(c3)-c3cccc5cccc(c35)O4)c3ccccc23)cc1. The lowest BCUT2D eigenvalue weighted by Crippen LogP contribution is -1.98. The van der Waals surface area contributed by atoms with Gasteiger partial charge in [0.25, 0.3) is 0 Å². The third-order valence-corrected chi connectivity index (χ3v) is 8.86. The quantitative estimate of drug-likeness (QED) is 0.200. The van der Waals surface area contributed by atoms with E-state index in [1.54, 1.807) is 0 Å². The number of hydrogen-bond donors (Lipinski definition) is 0. The van der Waals surface area contributed by atoms with E-state index >= 15 is 0 Å². The van der Waals surface area contributed by atoms with E-state index in [2.05, 4.69) is 158 Å². The topological polar surface area (TPSA) is 9.23 Å². The molecule has 0 saturated heterocycles. The third kappa shape index (κ3) is 3.65. The van der Waals surface area contributed by atoms with Gasteiger partial charge >= 0.3 is 0 Å².